The van der Waals surface area contributed by atoms with Gasteiger partial charge < -0.3 is 9.84 Å². The Kier molecular flexibility index (Phi) is 4.41. The van der Waals surface area contributed by atoms with Gasteiger partial charge in [-0.3, -0.25) is 4.79 Å². The summed E-state index contributed by atoms with van der Waals surface area (Å²) in [6.07, 6.45) is 5.02. The fourth-order valence-corrected chi connectivity index (χ4v) is 5.10. The number of benzene rings is 1. The van der Waals surface area contributed by atoms with Crippen LogP contribution in [0.1, 0.15) is 62.7 Å². The Hall–Kier alpha value is -1.84. The van der Waals surface area contributed by atoms with Gasteiger partial charge in [0.1, 0.15) is 6.10 Å². The van der Waals surface area contributed by atoms with Crippen LogP contribution in [0.5, 0.6) is 0 Å². The number of carbonyl (C=O) groups excluding carboxylic acids is 1. The molecule has 4 atom stereocenters. The Labute approximate surface area is 143 Å². The third-order valence-corrected chi connectivity index (χ3v) is 6.25. The maximum absolute atomic E-state index is 12.5. The molecular formula is C20H26O4. The van der Waals surface area contributed by atoms with E-state index in [-0.39, 0.29) is 23.4 Å². The molecule has 0 bridgehead atoms. The molecule has 0 heterocycles. The number of rotatable bonds is 3. The molecule has 2 aliphatic carbocycles. The smallest absolute Gasteiger partial charge is 0.338 e. The van der Waals surface area contributed by atoms with E-state index < -0.39 is 11.4 Å². The Bertz CT molecular complexity index is 622. The van der Waals surface area contributed by atoms with Crippen molar-refractivity contribution in [1.29, 1.82) is 0 Å². The van der Waals surface area contributed by atoms with Crippen molar-refractivity contribution in [3.8, 4) is 0 Å². The second-order valence-electron chi connectivity index (χ2n) is 7.91. The maximum atomic E-state index is 12.5. The van der Waals surface area contributed by atoms with Crippen molar-refractivity contribution in [2.75, 3.05) is 0 Å². The number of carboxylic acids is 1. The van der Waals surface area contributed by atoms with E-state index in [9.17, 15) is 14.7 Å². The van der Waals surface area contributed by atoms with Gasteiger partial charge in [0.2, 0.25) is 0 Å². The van der Waals surface area contributed by atoms with Crippen molar-refractivity contribution >= 4 is 11.9 Å². The fourth-order valence-electron chi connectivity index (χ4n) is 5.10. The largest absolute Gasteiger partial charge is 0.481 e. The highest BCUT2D eigenvalue weighted by atomic mass is 16.5. The van der Waals surface area contributed by atoms with Crippen LogP contribution >= 0.6 is 0 Å². The van der Waals surface area contributed by atoms with Crippen molar-refractivity contribution in [2.24, 2.45) is 16.7 Å². The van der Waals surface area contributed by atoms with Crippen LogP contribution in [0.25, 0.3) is 0 Å². The monoisotopic (exact) mass is 330 g/mol. The first-order valence-electron chi connectivity index (χ1n) is 8.86. The summed E-state index contributed by atoms with van der Waals surface area (Å²) in [5, 5.41) is 9.88. The number of hydrogen-bond acceptors (Lipinski definition) is 3. The van der Waals surface area contributed by atoms with E-state index in [2.05, 4.69) is 6.92 Å². The fraction of sp³-hybridized carbons (Fsp3) is 0.600. The van der Waals surface area contributed by atoms with Crippen molar-refractivity contribution in [3.63, 3.8) is 0 Å². The Morgan fingerprint density at radius 2 is 1.75 bits per heavy atom. The van der Waals surface area contributed by atoms with E-state index in [1.807, 2.05) is 25.1 Å². The van der Waals surface area contributed by atoms with Crippen molar-refractivity contribution < 1.29 is 19.4 Å². The molecular weight excluding hydrogens is 304 g/mol. The summed E-state index contributed by atoms with van der Waals surface area (Å²) in [5.41, 5.74) is -0.363. The lowest BCUT2D eigenvalue weighted by molar-refractivity contribution is -0.174. The Balaban J connectivity index is 1.89. The van der Waals surface area contributed by atoms with Gasteiger partial charge in [-0.1, -0.05) is 31.5 Å². The van der Waals surface area contributed by atoms with Gasteiger partial charge in [-0.2, -0.15) is 0 Å². The highest BCUT2D eigenvalue weighted by Crippen LogP contribution is 2.58. The Morgan fingerprint density at radius 1 is 1.08 bits per heavy atom. The van der Waals surface area contributed by atoms with Gasteiger partial charge in [-0.05, 0) is 56.6 Å². The first-order valence-corrected chi connectivity index (χ1v) is 8.86. The molecule has 0 amide bonds. The van der Waals surface area contributed by atoms with Gasteiger partial charge in [0.15, 0.2) is 0 Å². The van der Waals surface area contributed by atoms with E-state index in [4.69, 9.17) is 4.74 Å². The number of fused-ring (bicyclic) bond motifs is 1. The average molecular weight is 330 g/mol. The van der Waals surface area contributed by atoms with Gasteiger partial charge in [-0.15, -0.1) is 0 Å². The lowest BCUT2D eigenvalue weighted by Crippen LogP contribution is -2.56. The summed E-state index contributed by atoms with van der Waals surface area (Å²) in [5.74, 6) is -1.23. The summed E-state index contributed by atoms with van der Waals surface area (Å²) >= 11 is 0. The van der Waals surface area contributed by atoms with E-state index in [0.29, 0.717) is 12.0 Å². The van der Waals surface area contributed by atoms with Crippen LogP contribution in [-0.2, 0) is 9.53 Å². The lowest BCUT2D eigenvalue weighted by Gasteiger charge is -2.55. The molecule has 0 aromatic heterocycles. The van der Waals surface area contributed by atoms with Crippen LogP contribution < -0.4 is 0 Å². The second-order valence-corrected chi connectivity index (χ2v) is 7.91. The molecule has 2 fully saturated rings. The average Bonchev–Trinajstić information content (AvgIpc) is 2.55. The molecule has 1 N–H and O–H groups in total. The zero-order valence-corrected chi connectivity index (χ0v) is 14.5. The van der Waals surface area contributed by atoms with Gasteiger partial charge in [0, 0.05) is 5.92 Å². The number of carbonyl (C=O) groups is 2. The number of esters is 1. The molecule has 0 saturated heterocycles. The van der Waals surface area contributed by atoms with Crippen LogP contribution in [0.3, 0.4) is 0 Å². The summed E-state index contributed by atoms with van der Waals surface area (Å²) in [6.45, 7) is 4.02. The first kappa shape index (κ1) is 17.0. The van der Waals surface area contributed by atoms with Crippen LogP contribution in [0.15, 0.2) is 30.3 Å². The molecule has 0 aliphatic heterocycles. The number of carboxylic acid groups (broad SMARTS) is 1. The van der Waals surface area contributed by atoms with Gasteiger partial charge in [0.25, 0.3) is 0 Å². The van der Waals surface area contributed by atoms with Gasteiger partial charge in [0.05, 0.1) is 11.0 Å². The molecule has 4 heteroatoms. The number of aliphatic carboxylic acids is 1. The lowest BCUT2D eigenvalue weighted by atomic mass is 9.50. The molecule has 0 unspecified atom stereocenters. The minimum absolute atomic E-state index is 0.0642. The number of hydrogen-bond donors (Lipinski definition) is 1. The van der Waals surface area contributed by atoms with Crippen molar-refractivity contribution in [2.45, 2.75) is 58.5 Å². The Morgan fingerprint density at radius 3 is 2.42 bits per heavy atom. The van der Waals surface area contributed by atoms with Crippen molar-refractivity contribution in [1.82, 2.24) is 0 Å². The normalized spacial score (nSPS) is 35.8. The molecule has 1 aromatic rings. The van der Waals surface area contributed by atoms with Gasteiger partial charge in [-0.25, -0.2) is 4.79 Å². The molecule has 3 rings (SSSR count). The summed E-state index contributed by atoms with van der Waals surface area (Å²) in [6, 6.07) is 8.95. The van der Waals surface area contributed by atoms with E-state index in [0.717, 1.165) is 32.1 Å². The molecule has 0 radical (unpaired) electrons. The van der Waals surface area contributed by atoms with Crippen LogP contribution in [0, 0.1) is 16.7 Å². The topological polar surface area (TPSA) is 63.6 Å². The highest BCUT2D eigenvalue weighted by molar-refractivity contribution is 5.89. The first-order chi connectivity index (χ1) is 11.4. The van der Waals surface area contributed by atoms with Gasteiger partial charge >= 0.3 is 11.9 Å². The number of ether oxygens (including phenoxy) is 1. The van der Waals surface area contributed by atoms with E-state index in [1.54, 1.807) is 12.1 Å². The zero-order valence-electron chi connectivity index (χ0n) is 14.5. The third kappa shape index (κ3) is 2.83. The molecule has 1 aromatic carbocycles. The summed E-state index contributed by atoms with van der Waals surface area (Å²) < 4.78 is 5.86. The minimum atomic E-state index is -0.824. The SMILES string of the molecule is C[C@@]12CCC[C@@H](OC(=O)c3ccccc3)[C@H]1[C@](C)(C(=O)O)CCC2. The third-order valence-electron chi connectivity index (χ3n) is 6.25. The second kappa shape index (κ2) is 6.23. The molecule has 2 aliphatic rings. The molecule has 0 spiro atoms. The molecule has 24 heavy (non-hydrogen) atoms. The predicted octanol–water partition coefficient (Wildman–Crippen LogP) is 4.29. The predicted molar refractivity (Wildman–Crippen MR) is 90.7 cm³/mol. The van der Waals surface area contributed by atoms with Crippen LogP contribution in [0.2, 0.25) is 0 Å². The molecule has 130 valence electrons. The molecule has 2 saturated carbocycles. The standard InChI is InChI=1S/C20H26O4/c1-19-11-6-10-15(24-17(21)14-8-4-3-5-9-14)16(19)20(2,18(22)23)13-7-12-19/h3-5,8-9,15-16H,6-7,10-13H2,1-2H3,(H,22,23)/t15-,16-,19+,20-/m1/s1. The summed E-state index contributed by atoms with van der Waals surface area (Å²) in [4.78, 5) is 24.5. The maximum Gasteiger partial charge on any atom is 0.338 e. The minimum Gasteiger partial charge on any atom is -0.481 e. The van der Waals surface area contributed by atoms with E-state index >= 15 is 0 Å². The van der Waals surface area contributed by atoms with E-state index in [1.165, 1.54) is 0 Å². The summed E-state index contributed by atoms with van der Waals surface area (Å²) in [7, 11) is 0. The zero-order chi connectivity index (χ0) is 17.4. The van der Waals surface area contributed by atoms with Crippen molar-refractivity contribution in [3.05, 3.63) is 35.9 Å². The highest BCUT2D eigenvalue weighted by Gasteiger charge is 2.58. The molecule has 4 nitrogen and oxygen atoms in total. The quantitative estimate of drug-likeness (QED) is 0.840. The van der Waals surface area contributed by atoms with Crippen LogP contribution in [-0.4, -0.2) is 23.1 Å². The van der Waals surface area contributed by atoms with Crippen LogP contribution in [0.4, 0.5) is 0 Å².